The molecule has 150 valence electrons. The Bertz CT molecular complexity index is 1010. The van der Waals surface area contributed by atoms with Crippen LogP contribution < -0.4 is 9.47 Å². The molecule has 0 radical (unpaired) electrons. The number of nitrogens with zero attached hydrogens (tertiary/aromatic N) is 2. The van der Waals surface area contributed by atoms with E-state index in [9.17, 15) is 14.9 Å². The second-order valence-electron chi connectivity index (χ2n) is 6.01. The Balaban J connectivity index is 1.80. The van der Waals surface area contributed by atoms with Gasteiger partial charge in [0.25, 0.3) is 11.6 Å². The van der Waals surface area contributed by atoms with Crippen LogP contribution in [-0.4, -0.2) is 33.7 Å². The molecule has 0 atom stereocenters. The fraction of sp³-hybridized carbons (Fsp3) is 0.200. The van der Waals surface area contributed by atoms with Gasteiger partial charge in [-0.25, -0.2) is 0 Å². The van der Waals surface area contributed by atoms with Crippen molar-refractivity contribution < 1.29 is 19.2 Å². The zero-order chi connectivity index (χ0) is 21.0. The molecule has 1 fully saturated rings. The molecule has 0 spiro atoms. The summed E-state index contributed by atoms with van der Waals surface area (Å²) in [6, 6.07) is 11.7. The Hall–Kier alpha value is -2.91. The van der Waals surface area contributed by atoms with Crippen LogP contribution in [0.3, 0.4) is 0 Å². The third-order valence-corrected chi connectivity index (χ3v) is 5.62. The number of thioether (sulfide) groups is 1. The van der Waals surface area contributed by atoms with E-state index in [4.69, 9.17) is 21.7 Å². The molecule has 0 N–H and O–H groups in total. The van der Waals surface area contributed by atoms with Gasteiger partial charge in [-0.1, -0.05) is 42.2 Å². The van der Waals surface area contributed by atoms with Crippen molar-refractivity contribution in [2.75, 3.05) is 13.7 Å². The number of hydrogen-bond donors (Lipinski definition) is 0. The number of rotatable bonds is 7. The smallest absolute Gasteiger partial charge is 0.276 e. The lowest BCUT2D eigenvalue weighted by Gasteiger charge is -2.12. The Morgan fingerprint density at radius 3 is 2.66 bits per heavy atom. The van der Waals surface area contributed by atoms with E-state index in [1.165, 1.54) is 24.9 Å². The minimum atomic E-state index is -0.439. The Morgan fingerprint density at radius 1 is 1.24 bits per heavy atom. The summed E-state index contributed by atoms with van der Waals surface area (Å²) in [5.41, 5.74) is 1.23. The highest BCUT2D eigenvalue weighted by molar-refractivity contribution is 8.26. The average molecular weight is 431 g/mol. The summed E-state index contributed by atoms with van der Waals surface area (Å²) >= 11 is 6.49. The largest absolute Gasteiger partial charge is 0.493 e. The highest BCUT2D eigenvalue weighted by Crippen LogP contribution is 2.35. The molecule has 0 unspecified atom stereocenters. The topological polar surface area (TPSA) is 81.9 Å². The van der Waals surface area contributed by atoms with Gasteiger partial charge in [-0.3, -0.25) is 19.8 Å². The number of amides is 1. The van der Waals surface area contributed by atoms with Gasteiger partial charge in [0.15, 0.2) is 11.5 Å². The number of nitro groups is 1. The van der Waals surface area contributed by atoms with Crippen LogP contribution in [-0.2, 0) is 11.4 Å². The number of benzene rings is 2. The lowest BCUT2D eigenvalue weighted by atomic mass is 10.1. The van der Waals surface area contributed by atoms with Gasteiger partial charge < -0.3 is 9.47 Å². The lowest BCUT2D eigenvalue weighted by Crippen LogP contribution is -2.27. The van der Waals surface area contributed by atoms with Crippen molar-refractivity contribution in [2.24, 2.45) is 0 Å². The molecular weight excluding hydrogens is 412 g/mol. The SMILES string of the molecule is CCN1C(=O)C(=Cc2ccc(OCc3ccccc3[N+](=O)[O-])c(OC)c2)SC1=S. The highest BCUT2D eigenvalue weighted by atomic mass is 32.2. The Labute approximate surface area is 177 Å². The number of methoxy groups -OCH3 is 1. The van der Waals surface area contributed by atoms with E-state index in [-0.39, 0.29) is 18.2 Å². The van der Waals surface area contributed by atoms with Crippen LogP contribution in [0.1, 0.15) is 18.1 Å². The maximum atomic E-state index is 12.4. The van der Waals surface area contributed by atoms with Crippen molar-refractivity contribution >= 4 is 46.0 Å². The molecule has 0 aliphatic carbocycles. The van der Waals surface area contributed by atoms with E-state index in [0.717, 1.165) is 5.56 Å². The second-order valence-corrected chi connectivity index (χ2v) is 7.69. The van der Waals surface area contributed by atoms with Crippen LogP contribution in [0.15, 0.2) is 47.4 Å². The first kappa shape index (κ1) is 20.8. The third-order valence-electron chi connectivity index (χ3n) is 4.25. The zero-order valence-electron chi connectivity index (χ0n) is 15.8. The fourth-order valence-corrected chi connectivity index (χ4v) is 4.17. The summed E-state index contributed by atoms with van der Waals surface area (Å²) in [7, 11) is 1.51. The van der Waals surface area contributed by atoms with Crippen LogP contribution in [0.5, 0.6) is 11.5 Å². The van der Waals surface area contributed by atoms with E-state index in [1.807, 2.05) is 6.92 Å². The maximum Gasteiger partial charge on any atom is 0.276 e. The normalized spacial score (nSPS) is 15.1. The Kier molecular flexibility index (Phi) is 6.50. The molecule has 0 bridgehead atoms. The van der Waals surface area contributed by atoms with E-state index in [0.29, 0.717) is 32.8 Å². The van der Waals surface area contributed by atoms with Crippen molar-refractivity contribution in [2.45, 2.75) is 13.5 Å². The summed E-state index contributed by atoms with van der Waals surface area (Å²) in [5.74, 6) is 0.797. The van der Waals surface area contributed by atoms with Crippen molar-refractivity contribution in [1.29, 1.82) is 0 Å². The molecule has 1 aliphatic rings. The van der Waals surface area contributed by atoms with E-state index in [1.54, 1.807) is 47.4 Å². The molecule has 7 nitrogen and oxygen atoms in total. The number of ether oxygens (including phenoxy) is 2. The molecule has 3 rings (SSSR count). The molecule has 1 aliphatic heterocycles. The number of carbonyl (C=O) groups excluding carboxylic acids is 1. The van der Waals surface area contributed by atoms with Crippen molar-refractivity contribution in [3.63, 3.8) is 0 Å². The molecule has 9 heteroatoms. The van der Waals surface area contributed by atoms with Crippen LogP contribution in [0.4, 0.5) is 5.69 Å². The first-order valence-corrected chi connectivity index (χ1v) is 9.95. The van der Waals surface area contributed by atoms with Crippen LogP contribution in [0, 0.1) is 10.1 Å². The molecular formula is C20H18N2O5S2. The molecule has 0 saturated carbocycles. The minimum absolute atomic E-state index is 0.000961. The van der Waals surface area contributed by atoms with Crippen molar-refractivity contribution in [3.05, 3.63) is 68.6 Å². The van der Waals surface area contributed by atoms with Crippen LogP contribution in [0.2, 0.25) is 0 Å². The first-order valence-electron chi connectivity index (χ1n) is 8.73. The number of para-hydroxylation sites is 1. The predicted molar refractivity (Wildman–Crippen MR) is 116 cm³/mol. The summed E-state index contributed by atoms with van der Waals surface area (Å²) < 4.78 is 11.7. The van der Waals surface area contributed by atoms with Gasteiger partial charge in [-0.15, -0.1) is 0 Å². The predicted octanol–water partition coefficient (Wildman–Crippen LogP) is 4.40. The molecule has 1 amide bonds. The van der Waals surface area contributed by atoms with Gasteiger partial charge in [0, 0.05) is 12.6 Å². The van der Waals surface area contributed by atoms with Gasteiger partial charge in [0.2, 0.25) is 0 Å². The monoisotopic (exact) mass is 430 g/mol. The molecule has 2 aromatic carbocycles. The van der Waals surface area contributed by atoms with E-state index < -0.39 is 4.92 Å². The molecule has 1 saturated heterocycles. The summed E-state index contributed by atoms with van der Waals surface area (Å²) in [6.45, 7) is 2.44. The Morgan fingerprint density at radius 2 is 2.00 bits per heavy atom. The number of carbonyl (C=O) groups is 1. The molecule has 29 heavy (non-hydrogen) atoms. The van der Waals surface area contributed by atoms with Crippen LogP contribution >= 0.6 is 24.0 Å². The minimum Gasteiger partial charge on any atom is -0.493 e. The van der Waals surface area contributed by atoms with Gasteiger partial charge in [-0.2, -0.15) is 0 Å². The van der Waals surface area contributed by atoms with Crippen molar-refractivity contribution in [3.8, 4) is 11.5 Å². The van der Waals surface area contributed by atoms with Crippen molar-refractivity contribution in [1.82, 2.24) is 4.90 Å². The summed E-state index contributed by atoms with van der Waals surface area (Å²) in [4.78, 5) is 25.2. The second kappa shape index (κ2) is 9.06. The van der Waals surface area contributed by atoms with Gasteiger partial charge in [0.1, 0.15) is 10.9 Å². The quantitative estimate of drug-likeness (QED) is 0.279. The lowest BCUT2D eigenvalue weighted by molar-refractivity contribution is -0.385. The number of thiocarbonyl (C=S) groups is 1. The summed E-state index contributed by atoms with van der Waals surface area (Å²) in [5, 5.41) is 11.1. The average Bonchev–Trinajstić information content (AvgIpc) is 2.99. The fourth-order valence-electron chi connectivity index (χ4n) is 2.78. The molecule has 1 heterocycles. The highest BCUT2D eigenvalue weighted by Gasteiger charge is 2.30. The molecule has 2 aromatic rings. The van der Waals surface area contributed by atoms with Gasteiger partial charge in [0.05, 0.1) is 22.5 Å². The first-order chi connectivity index (χ1) is 13.9. The number of hydrogen-bond acceptors (Lipinski definition) is 7. The van der Waals surface area contributed by atoms with Gasteiger partial charge >= 0.3 is 0 Å². The van der Waals surface area contributed by atoms with Crippen LogP contribution in [0.25, 0.3) is 6.08 Å². The van der Waals surface area contributed by atoms with E-state index in [2.05, 4.69) is 0 Å². The standard InChI is InChI=1S/C20H18N2O5S2/c1-3-21-19(23)18(29-20(21)28)11-13-8-9-16(17(10-13)26-2)27-12-14-6-4-5-7-15(14)22(24)25/h4-11H,3,12H2,1-2H3. The summed E-state index contributed by atoms with van der Waals surface area (Å²) in [6.07, 6.45) is 1.75. The molecule has 0 aromatic heterocycles. The van der Waals surface area contributed by atoms with Gasteiger partial charge in [-0.05, 0) is 36.8 Å². The maximum absolute atomic E-state index is 12.4. The number of nitro benzene ring substituents is 1. The number of likely N-dealkylation sites (N-methyl/N-ethyl adjacent to an activating group) is 1. The third kappa shape index (κ3) is 4.57. The zero-order valence-corrected chi connectivity index (χ0v) is 17.4. The van der Waals surface area contributed by atoms with E-state index >= 15 is 0 Å².